The second kappa shape index (κ2) is 8.92. The van der Waals surface area contributed by atoms with Gasteiger partial charge in [-0.25, -0.2) is 13.1 Å². The van der Waals surface area contributed by atoms with Gasteiger partial charge >= 0.3 is 0 Å². The molecule has 1 unspecified atom stereocenters. The van der Waals surface area contributed by atoms with Crippen molar-refractivity contribution in [2.45, 2.75) is 31.3 Å². The van der Waals surface area contributed by atoms with E-state index in [-0.39, 0.29) is 11.4 Å². The lowest BCUT2D eigenvalue weighted by atomic mass is 10.0. The van der Waals surface area contributed by atoms with Crippen LogP contribution in [-0.4, -0.2) is 63.9 Å². The number of rotatable bonds is 8. The number of nitrogens with zero attached hydrogens (tertiary/aromatic N) is 1. The van der Waals surface area contributed by atoms with Crippen LogP contribution in [0, 0.1) is 5.92 Å². The van der Waals surface area contributed by atoms with Crippen molar-refractivity contribution in [3.63, 3.8) is 0 Å². The van der Waals surface area contributed by atoms with Gasteiger partial charge in [-0.1, -0.05) is 26.0 Å². The summed E-state index contributed by atoms with van der Waals surface area (Å²) in [7, 11) is -3.59. The summed E-state index contributed by atoms with van der Waals surface area (Å²) in [5.74, 6) is 0.529. The number of hydrogen-bond donors (Lipinski definition) is 2. The SMILES string of the molecule is CC(C)Cc1ccc(S(=O)(=O)NCC(O)CN2CCOCC2)cc1. The predicted octanol–water partition coefficient (Wildman–Crippen LogP) is 0.857. The number of aliphatic hydroxyl groups excluding tert-OH is 1. The van der Waals surface area contributed by atoms with Gasteiger partial charge in [-0.2, -0.15) is 0 Å². The molecule has 2 rings (SSSR count). The van der Waals surface area contributed by atoms with Gasteiger partial charge in [-0.3, -0.25) is 4.90 Å². The smallest absolute Gasteiger partial charge is 0.240 e. The van der Waals surface area contributed by atoms with E-state index in [9.17, 15) is 13.5 Å². The lowest BCUT2D eigenvalue weighted by Crippen LogP contribution is -2.44. The van der Waals surface area contributed by atoms with E-state index in [1.54, 1.807) is 12.1 Å². The molecule has 0 aromatic heterocycles. The minimum absolute atomic E-state index is 0.00738. The summed E-state index contributed by atoms with van der Waals surface area (Å²) in [4.78, 5) is 2.30. The second-order valence-corrected chi connectivity index (χ2v) is 8.43. The summed E-state index contributed by atoms with van der Waals surface area (Å²) in [5, 5.41) is 10.0. The minimum Gasteiger partial charge on any atom is -0.390 e. The molecule has 0 spiro atoms. The maximum absolute atomic E-state index is 12.3. The number of aliphatic hydroxyl groups is 1. The van der Waals surface area contributed by atoms with Gasteiger partial charge in [0.1, 0.15) is 0 Å². The van der Waals surface area contributed by atoms with Gasteiger partial charge in [0.05, 0.1) is 24.2 Å². The predicted molar refractivity (Wildman–Crippen MR) is 93.4 cm³/mol. The summed E-state index contributed by atoms with van der Waals surface area (Å²) in [5.41, 5.74) is 1.12. The third kappa shape index (κ3) is 6.14. The quantitative estimate of drug-likeness (QED) is 0.722. The van der Waals surface area contributed by atoms with Gasteiger partial charge in [-0.05, 0) is 30.0 Å². The highest BCUT2D eigenvalue weighted by atomic mass is 32.2. The molecule has 136 valence electrons. The Morgan fingerprint density at radius 3 is 2.42 bits per heavy atom. The number of hydrogen-bond acceptors (Lipinski definition) is 5. The van der Waals surface area contributed by atoms with Crippen LogP contribution in [0.5, 0.6) is 0 Å². The molecule has 1 aliphatic heterocycles. The first kappa shape index (κ1) is 19.3. The van der Waals surface area contributed by atoms with Crippen molar-refractivity contribution in [2.75, 3.05) is 39.4 Å². The van der Waals surface area contributed by atoms with Crippen molar-refractivity contribution in [1.82, 2.24) is 9.62 Å². The number of benzene rings is 1. The van der Waals surface area contributed by atoms with E-state index in [2.05, 4.69) is 23.5 Å². The second-order valence-electron chi connectivity index (χ2n) is 6.66. The molecule has 7 heteroatoms. The van der Waals surface area contributed by atoms with Crippen molar-refractivity contribution < 1.29 is 18.3 Å². The number of sulfonamides is 1. The van der Waals surface area contributed by atoms with E-state index in [0.29, 0.717) is 25.7 Å². The van der Waals surface area contributed by atoms with Crippen molar-refractivity contribution in [3.05, 3.63) is 29.8 Å². The highest BCUT2D eigenvalue weighted by Gasteiger charge is 2.19. The molecule has 1 aromatic rings. The van der Waals surface area contributed by atoms with E-state index in [4.69, 9.17) is 4.74 Å². The zero-order valence-corrected chi connectivity index (χ0v) is 15.3. The molecular weight excluding hydrogens is 328 g/mol. The number of β-amino-alcohol motifs (C(OH)–C–C–N with tert-alkyl or cyclic N) is 1. The normalized spacial score (nSPS) is 18.0. The molecule has 1 atom stereocenters. The Labute approximate surface area is 144 Å². The lowest BCUT2D eigenvalue weighted by molar-refractivity contribution is 0.0158. The van der Waals surface area contributed by atoms with Gasteiger partial charge in [0.25, 0.3) is 0 Å². The van der Waals surface area contributed by atoms with E-state index < -0.39 is 16.1 Å². The molecule has 1 saturated heterocycles. The van der Waals surface area contributed by atoms with Gasteiger partial charge in [0, 0.05) is 26.2 Å². The monoisotopic (exact) mass is 356 g/mol. The van der Waals surface area contributed by atoms with Crippen molar-refractivity contribution in [2.24, 2.45) is 5.92 Å². The van der Waals surface area contributed by atoms with Crippen LogP contribution in [0.15, 0.2) is 29.2 Å². The zero-order valence-electron chi connectivity index (χ0n) is 14.4. The van der Waals surface area contributed by atoms with E-state index >= 15 is 0 Å². The number of nitrogens with one attached hydrogen (secondary N) is 1. The molecule has 0 saturated carbocycles. The van der Waals surface area contributed by atoms with E-state index in [1.165, 1.54) is 0 Å². The maximum atomic E-state index is 12.3. The molecule has 0 bridgehead atoms. The summed E-state index contributed by atoms with van der Waals surface area (Å²) in [6.07, 6.45) is 0.185. The maximum Gasteiger partial charge on any atom is 0.240 e. The van der Waals surface area contributed by atoms with Crippen molar-refractivity contribution >= 4 is 10.0 Å². The molecule has 2 N–H and O–H groups in total. The molecular formula is C17H28N2O4S. The van der Waals surface area contributed by atoms with Crippen molar-refractivity contribution in [1.29, 1.82) is 0 Å². The van der Waals surface area contributed by atoms with Gasteiger partial charge < -0.3 is 9.84 Å². The van der Waals surface area contributed by atoms with Crippen LogP contribution in [0.1, 0.15) is 19.4 Å². The van der Waals surface area contributed by atoms with Crippen LogP contribution in [0.4, 0.5) is 0 Å². The lowest BCUT2D eigenvalue weighted by Gasteiger charge is -2.28. The van der Waals surface area contributed by atoms with Crippen LogP contribution in [-0.2, 0) is 21.2 Å². The van der Waals surface area contributed by atoms with Gasteiger partial charge in [0.2, 0.25) is 10.0 Å². The Kier molecular flexibility index (Phi) is 7.18. The van der Waals surface area contributed by atoms with Crippen molar-refractivity contribution in [3.8, 4) is 0 Å². The standard InChI is InChI=1S/C17H28N2O4S/c1-14(2)11-15-3-5-17(6-4-15)24(21,22)18-12-16(20)13-19-7-9-23-10-8-19/h3-6,14,16,18,20H,7-13H2,1-2H3. The fourth-order valence-corrected chi connectivity index (χ4v) is 3.78. The van der Waals surface area contributed by atoms with E-state index in [0.717, 1.165) is 25.1 Å². The van der Waals surface area contributed by atoms with Crippen LogP contribution >= 0.6 is 0 Å². The fourth-order valence-electron chi connectivity index (χ4n) is 2.71. The van der Waals surface area contributed by atoms with Gasteiger partial charge in [-0.15, -0.1) is 0 Å². The molecule has 1 heterocycles. The van der Waals surface area contributed by atoms with Crippen LogP contribution in [0.3, 0.4) is 0 Å². The molecule has 6 nitrogen and oxygen atoms in total. The van der Waals surface area contributed by atoms with Crippen LogP contribution in [0.2, 0.25) is 0 Å². The Morgan fingerprint density at radius 2 is 1.83 bits per heavy atom. The molecule has 0 radical (unpaired) electrons. The summed E-state index contributed by atoms with van der Waals surface area (Å²) in [6, 6.07) is 6.93. The highest BCUT2D eigenvalue weighted by Crippen LogP contribution is 2.13. The Morgan fingerprint density at radius 1 is 1.21 bits per heavy atom. The molecule has 0 aliphatic carbocycles. The highest BCUT2D eigenvalue weighted by molar-refractivity contribution is 7.89. The first-order valence-electron chi connectivity index (χ1n) is 8.43. The largest absolute Gasteiger partial charge is 0.390 e. The number of ether oxygens (including phenoxy) is 1. The molecule has 0 amide bonds. The Bertz CT molecular complexity index is 596. The number of morpholine rings is 1. The summed E-state index contributed by atoms with van der Waals surface area (Å²) < 4.78 is 32.4. The average Bonchev–Trinajstić information content (AvgIpc) is 2.54. The van der Waals surface area contributed by atoms with Crippen LogP contribution in [0.25, 0.3) is 0 Å². The first-order chi connectivity index (χ1) is 11.4. The summed E-state index contributed by atoms with van der Waals surface area (Å²) >= 11 is 0. The minimum atomic E-state index is -3.59. The van der Waals surface area contributed by atoms with Gasteiger partial charge in [0.15, 0.2) is 0 Å². The first-order valence-corrected chi connectivity index (χ1v) is 9.92. The Hall–Kier alpha value is -0.990. The average molecular weight is 356 g/mol. The topological polar surface area (TPSA) is 78.9 Å². The Balaban J connectivity index is 1.85. The molecule has 1 aliphatic rings. The zero-order chi connectivity index (χ0) is 17.6. The molecule has 24 heavy (non-hydrogen) atoms. The third-order valence-corrected chi connectivity index (χ3v) is 5.40. The summed E-state index contributed by atoms with van der Waals surface area (Å²) in [6.45, 7) is 7.54. The van der Waals surface area contributed by atoms with Crippen LogP contribution < -0.4 is 4.72 Å². The molecule has 1 aromatic carbocycles. The third-order valence-electron chi connectivity index (χ3n) is 3.96. The van der Waals surface area contributed by atoms with E-state index in [1.807, 2.05) is 12.1 Å². The fraction of sp³-hybridized carbons (Fsp3) is 0.647. The molecule has 1 fully saturated rings.